The van der Waals surface area contributed by atoms with Crippen molar-refractivity contribution in [2.75, 3.05) is 0 Å². The molecule has 3 heteroatoms. The summed E-state index contributed by atoms with van der Waals surface area (Å²) in [5.41, 5.74) is 0.0162. The molecule has 46 valence electrons. The van der Waals surface area contributed by atoms with Gasteiger partial charge in [0.2, 0.25) is 0 Å². The van der Waals surface area contributed by atoms with Crippen LogP contribution in [0.3, 0.4) is 0 Å². The summed E-state index contributed by atoms with van der Waals surface area (Å²) >= 11 is 11.4. The standard InChI is InChI=1S/C5H7Cl2N/c6-4-1-2-8-5(7)3-4/h1-2,4-5,8H,3H2. The number of alkyl halides is 2. The van der Waals surface area contributed by atoms with Crippen molar-refractivity contribution in [3.8, 4) is 0 Å². The summed E-state index contributed by atoms with van der Waals surface area (Å²) in [7, 11) is 0. The zero-order valence-corrected chi connectivity index (χ0v) is 5.78. The molecule has 0 amide bonds. The van der Waals surface area contributed by atoms with E-state index in [2.05, 4.69) is 5.32 Å². The van der Waals surface area contributed by atoms with Gasteiger partial charge in [-0.15, -0.1) is 11.6 Å². The van der Waals surface area contributed by atoms with E-state index in [1.54, 1.807) is 6.20 Å². The molecule has 0 bridgehead atoms. The van der Waals surface area contributed by atoms with Crippen LogP contribution in [0.15, 0.2) is 12.3 Å². The SMILES string of the molecule is ClC1C=CNC(Cl)C1. The first-order chi connectivity index (χ1) is 3.79. The van der Waals surface area contributed by atoms with Crippen molar-refractivity contribution in [2.45, 2.75) is 17.3 Å². The molecule has 0 aromatic rings. The Balaban J connectivity index is 2.42. The van der Waals surface area contributed by atoms with E-state index in [1.165, 1.54) is 0 Å². The van der Waals surface area contributed by atoms with E-state index in [-0.39, 0.29) is 10.9 Å². The van der Waals surface area contributed by atoms with Crippen LogP contribution in [0.25, 0.3) is 0 Å². The van der Waals surface area contributed by atoms with Crippen LogP contribution in [-0.2, 0) is 0 Å². The fourth-order valence-electron chi connectivity index (χ4n) is 0.609. The first kappa shape index (κ1) is 6.24. The third kappa shape index (κ3) is 1.57. The molecule has 0 saturated carbocycles. The summed E-state index contributed by atoms with van der Waals surface area (Å²) in [6.07, 6.45) is 4.49. The average molecular weight is 152 g/mol. The molecule has 1 aliphatic heterocycles. The minimum absolute atomic E-state index is 0.0162. The minimum Gasteiger partial charge on any atom is -0.375 e. The predicted octanol–water partition coefficient (Wildman–Crippen LogP) is 1.67. The van der Waals surface area contributed by atoms with Crippen molar-refractivity contribution in [3.63, 3.8) is 0 Å². The van der Waals surface area contributed by atoms with E-state index in [4.69, 9.17) is 23.2 Å². The number of hydrogen-bond acceptors (Lipinski definition) is 1. The molecule has 0 aromatic heterocycles. The van der Waals surface area contributed by atoms with Gasteiger partial charge in [0.1, 0.15) is 5.50 Å². The van der Waals surface area contributed by atoms with Crippen molar-refractivity contribution in [1.29, 1.82) is 0 Å². The predicted molar refractivity (Wildman–Crippen MR) is 36.2 cm³/mol. The highest BCUT2D eigenvalue weighted by atomic mass is 35.5. The molecule has 0 saturated heterocycles. The second-order valence-electron chi connectivity index (χ2n) is 1.75. The number of rotatable bonds is 0. The Morgan fingerprint density at radius 2 is 2.25 bits per heavy atom. The highest BCUT2D eigenvalue weighted by Gasteiger charge is 2.11. The molecule has 0 aromatic carbocycles. The normalized spacial score (nSPS) is 36.8. The van der Waals surface area contributed by atoms with Crippen molar-refractivity contribution < 1.29 is 0 Å². The average Bonchev–Trinajstić information content (AvgIpc) is 1.64. The number of halogens is 2. The summed E-state index contributed by atoms with van der Waals surface area (Å²) in [5, 5.41) is 3.02. The molecule has 0 aliphatic carbocycles. The molecule has 2 atom stereocenters. The molecule has 1 heterocycles. The second-order valence-corrected chi connectivity index (χ2v) is 2.83. The van der Waals surface area contributed by atoms with Gasteiger partial charge in [-0.05, 0) is 6.20 Å². The Labute approximate surface area is 58.7 Å². The van der Waals surface area contributed by atoms with Gasteiger partial charge in [-0.1, -0.05) is 17.7 Å². The Bertz CT molecular complexity index is 103. The minimum atomic E-state index is 0.0162. The lowest BCUT2D eigenvalue weighted by molar-refractivity contribution is 0.676. The molecule has 1 nitrogen and oxygen atoms in total. The van der Waals surface area contributed by atoms with Crippen LogP contribution in [0.2, 0.25) is 0 Å². The Kier molecular flexibility index (Phi) is 2.03. The summed E-state index contributed by atoms with van der Waals surface area (Å²) in [5.74, 6) is 0. The van der Waals surface area contributed by atoms with Crippen molar-refractivity contribution in [2.24, 2.45) is 0 Å². The van der Waals surface area contributed by atoms with Crippen LogP contribution in [0.5, 0.6) is 0 Å². The van der Waals surface area contributed by atoms with Crippen LogP contribution in [0.1, 0.15) is 6.42 Å². The smallest absolute Gasteiger partial charge is 0.103 e. The largest absolute Gasteiger partial charge is 0.375 e. The van der Waals surface area contributed by atoms with E-state index < -0.39 is 0 Å². The second kappa shape index (κ2) is 2.60. The van der Waals surface area contributed by atoms with Crippen molar-refractivity contribution in [1.82, 2.24) is 5.32 Å². The van der Waals surface area contributed by atoms with Crippen LogP contribution < -0.4 is 5.32 Å². The van der Waals surface area contributed by atoms with E-state index in [1.807, 2.05) is 6.08 Å². The van der Waals surface area contributed by atoms with Gasteiger partial charge in [0.25, 0.3) is 0 Å². The van der Waals surface area contributed by atoms with Gasteiger partial charge in [0, 0.05) is 6.42 Å². The van der Waals surface area contributed by atoms with Crippen LogP contribution in [0, 0.1) is 0 Å². The quantitative estimate of drug-likeness (QED) is 0.411. The van der Waals surface area contributed by atoms with Crippen molar-refractivity contribution in [3.05, 3.63) is 12.3 Å². The fourth-order valence-corrected chi connectivity index (χ4v) is 1.22. The highest BCUT2D eigenvalue weighted by Crippen LogP contribution is 2.13. The van der Waals surface area contributed by atoms with Gasteiger partial charge in [-0.25, -0.2) is 0 Å². The molecule has 0 radical (unpaired) electrons. The maximum Gasteiger partial charge on any atom is 0.103 e. The fraction of sp³-hybridized carbons (Fsp3) is 0.600. The van der Waals surface area contributed by atoms with Crippen LogP contribution in [-0.4, -0.2) is 10.9 Å². The molecule has 1 rings (SSSR count). The summed E-state index contributed by atoms with van der Waals surface area (Å²) in [6.45, 7) is 0. The Hall–Kier alpha value is 0.120. The van der Waals surface area contributed by atoms with Crippen LogP contribution >= 0.6 is 23.2 Å². The van der Waals surface area contributed by atoms with Gasteiger partial charge >= 0.3 is 0 Å². The first-order valence-electron chi connectivity index (χ1n) is 2.50. The topological polar surface area (TPSA) is 12.0 Å². The summed E-state index contributed by atoms with van der Waals surface area (Å²) < 4.78 is 0. The number of hydrogen-bond donors (Lipinski definition) is 1. The number of allylic oxidation sites excluding steroid dienone is 1. The third-order valence-corrected chi connectivity index (χ3v) is 1.64. The molecule has 0 fully saturated rings. The molecular weight excluding hydrogens is 145 g/mol. The molecule has 1 N–H and O–H groups in total. The molecule has 2 unspecified atom stereocenters. The van der Waals surface area contributed by atoms with Gasteiger partial charge in [-0.3, -0.25) is 0 Å². The summed E-state index contributed by atoms with van der Waals surface area (Å²) in [6, 6.07) is 0. The molecule has 1 aliphatic rings. The summed E-state index contributed by atoms with van der Waals surface area (Å²) in [4.78, 5) is 0. The lowest BCUT2D eigenvalue weighted by Gasteiger charge is -2.16. The molecule has 0 spiro atoms. The lowest BCUT2D eigenvalue weighted by Crippen LogP contribution is -2.25. The van der Waals surface area contributed by atoms with Gasteiger partial charge in [-0.2, -0.15) is 0 Å². The Morgan fingerprint density at radius 1 is 1.50 bits per heavy atom. The maximum absolute atomic E-state index is 5.70. The van der Waals surface area contributed by atoms with E-state index in [0.29, 0.717) is 0 Å². The third-order valence-electron chi connectivity index (χ3n) is 1.01. The number of nitrogens with one attached hydrogen (secondary N) is 1. The van der Waals surface area contributed by atoms with Crippen LogP contribution in [0.4, 0.5) is 0 Å². The molecule has 8 heavy (non-hydrogen) atoms. The van der Waals surface area contributed by atoms with Gasteiger partial charge in [0.05, 0.1) is 5.38 Å². The van der Waals surface area contributed by atoms with E-state index >= 15 is 0 Å². The zero-order valence-electron chi connectivity index (χ0n) is 4.27. The van der Waals surface area contributed by atoms with Gasteiger partial charge < -0.3 is 5.32 Å². The van der Waals surface area contributed by atoms with Gasteiger partial charge in [0.15, 0.2) is 0 Å². The monoisotopic (exact) mass is 151 g/mol. The van der Waals surface area contributed by atoms with E-state index in [0.717, 1.165) is 6.42 Å². The van der Waals surface area contributed by atoms with E-state index in [9.17, 15) is 0 Å². The Morgan fingerprint density at radius 3 is 2.62 bits per heavy atom. The highest BCUT2D eigenvalue weighted by molar-refractivity contribution is 6.24. The maximum atomic E-state index is 5.70. The lowest BCUT2D eigenvalue weighted by atomic mass is 10.2. The van der Waals surface area contributed by atoms with Crippen molar-refractivity contribution >= 4 is 23.2 Å². The zero-order chi connectivity index (χ0) is 5.98. The first-order valence-corrected chi connectivity index (χ1v) is 3.37. The molecular formula is C5H7Cl2N.